The van der Waals surface area contributed by atoms with Crippen molar-refractivity contribution in [1.29, 1.82) is 0 Å². The molecule has 0 saturated heterocycles. The molecule has 20 heavy (non-hydrogen) atoms. The lowest BCUT2D eigenvalue weighted by Crippen LogP contribution is -2.33. The minimum Gasteiger partial charge on any atom is -0.351 e. The number of aryl methyl sites for hydroxylation is 1. The van der Waals surface area contributed by atoms with Crippen LogP contribution in [0, 0.1) is 6.92 Å². The smallest absolute Gasteiger partial charge is 0.270 e. The molecule has 1 unspecified atom stereocenters. The molecule has 2 N–H and O–H groups in total. The molecule has 5 nitrogen and oxygen atoms in total. The Morgan fingerprint density at radius 3 is 2.75 bits per heavy atom. The third-order valence-electron chi connectivity index (χ3n) is 3.77. The van der Waals surface area contributed by atoms with E-state index in [-0.39, 0.29) is 11.9 Å². The number of nitrogens with zero attached hydrogens (tertiary/aromatic N) is 2. The van der Waals surface area contributed by atoms with E-state index >= 15 is 0 Å². The number of carbonyl (C=O) groups is 1. The van der Waals surface area contributed by atoms with E-state index in [1.54, 1.807) is 6.07 Å². The van der Waals surface area contributed by atoms with Gasteiger partial charge in [-0.1, -0.05) is 19.8 Å². The molecule has 1 aliphatic carbocycles. The van der Waals surface area contributed by atoms with Gasteiger partial charge in [-0.05, 0) is 39.2 Å². The molecule has 1 fully saturated rings. The molecule has 5 heteroatoms. The van der Waals surface area contributed by atoms with Crippen molar-refractivity contribution < 1.29 is 4.79 Å². The van der Waals surface area contributed by atoms with Crippen LogP contribution in [0.4, 0.5) is 5.95 Å². The predicted molar refractivity (Wildman–Crippen MR) is 79.9 cm³/mol. The van der Waals surface area contributed by atoms with Crippen molar-refractivity contribution in [2.24, 2.45) is 0 Å². The number of amides is 1. The summed E-state index contributed by atoms with van der Waals surface area (Å²) >= 11 is 0. The van der Waals surface area contributed by atoms with Crippen molar-refractivity contribution in [2.75, 3.05) is 5.32 Å². The molecule has 1 amide bonds. The fraction of sp³-hybridized carbons (Fsp3) is 0.667. The highest BCUT2D eigenvalue weighted by atomic mass is 16.1. The van der Waals surface area contributed by atoms with Gasteiger partial charge in [-0.3, -0.25) is 4.79 Å². The Hall–Kier alpha value is -1.65. The van der Waals surface area contributed by atoms with Crippen molar-refractivity contribution in [3.63, 3.8) is 0 Å². The molecule has 1 heterocycles. The summed E-state index contributed by atoms with van der Waals surface area (Å²) in [5.41, 5.74) is 1.26. The van der Waals surface area contributed by atoms with Crippen LogP contribution in [0.3, 0.4) is 0 Å². The van der Waals surface area contributed by atoms with Crippen molar-refractivity contribution >= 4 is 11.9 Å². The van der Waals surface area contributed by atoms with Gasteiger partial charge in [-0.25, -0.2) is 9.97 Å². The van der Waals surface area contributed by atoms with Gasteiger partial charge in [0.05, 0.1) is 0 Å². The van der Waals surface area contributed by atoms with Crippen molar-refractivity contribution in [3.8, 4) is 0 Å². The van der Waals surface area contributed by atoms with Crippen LogP contribution in [0.25, 0.3) is 0 Å². The van der Waals surface area contributed by atoms with Crippen LogP contribution in [-0.4, -0.2) is 28.0 Å². The van der Waals surface area contributed by atoms with E-state index in [9.17, 15) is 4.79 Å². The van der Waals surface area contributed by atoms with Crippen molar-refractivity contribution in [3.05, 3.63) is 17.5 Å². The average molecular weight is 276 g/mol. The zero-order chi connectivity index (χ0) is 14.5. The summed E-state index contributed by atoms with van der Waals surface area (Å²) in [6.45, 7) is 5.93. The maximum Gasteiger partial charge on any atom is 0.270 e. The first-order chi connectivity index (χ1) is 9.58. The van der Waals surface area contributed by atoms with E-state index < -0.39 is 0 Å². The minimum atomic E-state index is -0.126. The third-order valence-corrected chi connectivity index (χ3v) is 3.77. The zero-order valence-corrected chi connectivity index (χ0v) is 12.6. The van der Waals surface area contributed by atoms with E-state index in [2.05, 4.69) is 20.6 Å². The first kappa shape index (κ1) is 14.8. The Bertz CT molecular complexity index is 469. The summed E-state index contributed by atoms with van der Waals surface area (Å²) in [7, 11) is 0. The lowest BCUT2D eigenvalue weighted by atomic mass is 10.2. The van der Waals surface area contributed by atoms with Crippen molar-refractivity contribution in [2.45, 2.75) is 65.0 Å². The highest BCUT2D eigenvalue weighted by Crippen LogP contribution is 2.21. The van der Waals surface area contributed by atoms with E-state index in [0.29, 0.717) is 17.7 Å². The van der Waals surface area contributed by atoms with E-state index in [4.69, 9.17) is 0 Å². The van der Waals surface area contributed by atoms with E-state index in [1.165, 1.54) is 12.8 Å². The summed E-state index contributed by atoms with van der Waals surface area (Å²) < 4.78 is 0. The lowest BCUT2D eigenvalue weighted by molar-refractivity contribution is 0.0934. The molecule has 110 valence electrons. The highest BCUT2D eigenvalue weighted by Gasteiger charge is 2.17. The molecule has 0 aromatic carbocycles. The fourth-order valence-corrected chi connectivity index (χ4v) is 2.40. The fourth-order valence-electron chi connectivity index (χ4n) is 2.40. The van der Waals surface area contributed by atoms with Crippen LogP contribution in [0.1, 0.15) is 62.1 Å². The maximum atomic E-state index is 12.1. The normalized spacial score (nSPS) is 16.9. The number of hydrogen-bond acceptors (Lipinski definition) is 4. The van der Waals surface area contributed by atoms with Gasteiger partial charge in [-0.2, -0.15) is 0 Å². The molecule has 0 bridgehead atoms. The van der Waals surface area contributed by atoms with Gasteiger partial charge in [0.15, 0.2) is 0 Å². The molecule has 1 saturated carbocycles. The Morgan fingerprint density at radius 1 is 1.40 bits per heavy atom. The SMILES string of the molecule is CCC(C)NC(=O)c1cc(C)nc(NC2CCCC2)n1. The molecule has 1 aliphatic rings. The molecular weight excluding hydrogens is 252 g/mol. The van der Waals surface area contributed by atoms with E-state index in [0.717, 1.165) is 25.0 Å². The van der Waals surface area contributed by atoms with Crippen LogP contribution in [0.15, 0.2) is 6.07 Å². The van der Waals surface area contributed by atoms with Gasteiger partial charge in [0, 0.05) is 17.8 Å². The number of aromatic nitrogens is 2. The lowest BCUT2D eigenvalue weighted by Gasteiger charge is -2.14. The number of hydrogen-bond donors (Lipinski definition) is 2. The third kappa shape index (κ3) is 3.92. The predicted octanol–water partition coefficient (Wildman–Crippen LogP) is 2.67. The number of anilines is 1. The first-order valence-corrected chi connectivity index (χ1v) is 7.51. The average Bonchev–Trinajstić information content (AvgIpc) is 2.90. The second kappa shape index (κ2) is 6.68. The minimum absolute atomic E-state index is 0.126. The molecule has 0 spiro atoms. The molecule has 1 atom stereocenters. The summed E-state index contributed by atoms with van der Waals surface area (Å²) in [5, 5.41) is 6.28. The van der Waals surface area contributed by atoms with Gasteiger partial charge >= 0.3 is 0 Å². The van der Waals surface area contributed by atoms with E-state index in [1.807, 2.05) is 20.8 Å². The zero-order valence-electron chi connectivity index (χ0n) is 12.6. The van der Waals surface area contributed by atoms with Gasteiger partial charge in [-0.15, -0.1) is 0 Å². The topological polar surface area (TPSA) is 66.9 Å². The second-order valence-corrected chi connectivity index (χ2v) is 5.63. The summed E-state index contributed by atoms with van der Waals surface area (Å²) in [6.07, 6.45) is 5.73. The summed E-state index contributed by atoms with van der Waals surface area (Å²) in [5.74, 6) is 0.450. The summed E-state index contributed by atoms with van der Waals surface area (Å²) in [4.78, 5) is 20.9. The van der Waals surface area contributed by atoms with Crippen LogP contribution in [0.5, 0.6) is 0 Å². The van der Waals surface area contributed by atoms with Crippen molar-refractivity contribution in [1.82, 2.24) is 15.3 Å². The monoisotopic (exact) mass is 276 g/mol. The Morgan fingerprint density at radius 2 is 2.10 bits per heavy atom. The molecule has 1 aromatic rings. The van der Waals surface area contributed by atoms with Crippen LogP contribution >= 0.6 is 0 Å². The van der Waals surface area contributed by atoms with Crippen LogP contribution in [-0.2, 0) is 0 Å². The molecule has 0 aliphatic heterocycles. The second-order valence-electron chi connectivity index (χ2n) is 5.63. The highest BCUT2D eigenvalue weighted by molar-refractivity contribution is 5.92. The van der Waals surface area contributed by atoms with Gasteiger partial charge in [0.2, 0.25) is 5.95 Å². The molecule has 2 rings (SSSR count). The van der Waals surface area contributed by atoms with Gasteiger partial charge in [0.1, 0.15) is 5.69 Å². The summed E-state index contributed by atoms with van der Waals surface area (Å²) in [6, 6.07) is 2.34. The number of carbonyl (C=O) groups excluding carboxylic acids is 1. The van der Waals surface area contributed by atoms with Gasteiger partial charge < -0.3 is 10.6 Å². The Kier molecular flexibility index (Phi) is 4.93. The Labute approximate surface area is 120 Å². The first-order valence-electron chi connectivity index (χ1n) is 7.51. The standard InChI is InChI=1S/C15H24N4O/c1-4-10(2)16-14(20)13-9-11(3)17-15(19-13)18-12-7-5-6-8-12/h9-10,12H,4-8H2,1-3H3,(H,16,20)(H,17,18,19). The maximum absolute atomic E-state index is 12.1. The quantitative estimate of drug-likeness (QED) is 0.867. The molecule has 1 aromatic heterocycles. The largest absolute Gasteiger partial charge is 0.351 e. The van der Waals surface area contributed by atoms with Gasteiger partial charge in [0.25, 0.3) is 5.91 Å². The molecular formula is C15H24N4O. The van der Waals surface area contributed by atoms with Crippen LogP contribution < -0.4 is 10.6 Å². The number of rotatable bonds is 5. The molecule has 0 radical (unpaired) electrons. The number of nitrogens with one attached hydrogen (secondary N) is 2. The van der Waals surface area contributed by atoms with Crippen LogP contribution in [0.2, 0.25) is 0 Å². The Balaban J connectivity index is 2.09.